The van der Waals surface area contributed by atoms with Crippen LogP contribution in [0, 0.1) is 11.3 Å². The second kappa shape index (κ2) is 8.51. The van der Waals surface area contributed by atoms with E-state index in [1.165, 1.54) is 7.11 Å². The molecule has 1 atom stereocenters. The number of piperidine rings is 1. The fraction of sp³-hybridized carbons (Fsp3) is 0.882. The van der Waals surface area contributed by atoms with Crippen molar-refractivity contribution >= 4 is 11.9 Å². The van der Waals surface area contributed by atoms with Crippen LogP contribution in [-0.4, -0.2) is 38.6 Å². The SMILES string of the molecule is COC(=O)CCCCCCCNC(=O)C1CC12CCNCC2. The van der Waals surface area contributed by atoms with Gasteiger partial charge in [-0.3, -0.25) is 9.59 Å². The molecule has 0 aromatic rings. The molecule has 2 fully saturated rings. The van der Waals surface area contributed by atoms with Gasteiger partial charge in [0.2, 0.25) is 5.91 Å². The van der Waals surface area contributed by atoms with Crippen molar-refractivity contribution < 1.29 is 14.3 Å². The Kier molecular flexibility index (Phi) is 6.68. The summed E-state index contributed by atoms with van der Waals surface area (Å²) in [5.74, 6) is 0.422. The number of unbranched alkanes of at least 4 members (excludes halogenated alkanes) is 4. The van der Waals surface area contributed by atoms with E-state index in [-0.39, 0.29) is 17.8 Å². The molecule has 5 heteroatoms. The van der Waals surface area contributed by atoms with Gasteiger partial charge in [0.1, 0.15) is 0 Å². The first-order chi connectivity index (χ1) is 10.7. The highest BCUT2D eigenvalue weighted by Crippen LogP contribution is 2.58. The molecule has 1 heterocycles. The van der Waals surface area contributed by atoms with Gasteiger partial charge in [-0.2, -0.15) is 0 Å². The van der Waals surface area contributed by atoms with Crippen molar-refractivity contribution in [1.82, 2.24) is 10.6 Å². The second-order valence-corrected chi connectivity index (χ2v) is 6.75. The average Bonchev–Trinajstić information content (AvgIpc) is 3.23. The van der Waals surface area contributed by atoms with E-state index in [0.717, 1.165) is 71.0 Å². The van der Waals surface area contributed by atoms with E-state index in [0.29, 0.717) is 11.8 Å². The van der Waals surface area contributed by atoms with Crippen LogP contribution in [0.3, 0.4) is 0 Å². The third kappa shape index (κ3) is 4.97. The van der Waals surface area contributed by atoms with E-state index < -0.39 is 0 Å². The van der Waals surface area contributed by atoms with Crippen molar-refractivity contribution in [2.75, 3.05) is 26.7 Å². The van der Waals surface area contributed by atoms with Crippen LogP contribution in [-0.2, 0) is 14.3 Å². The monoisotopic (exact) mass is 310 g/mol. The smallest absolute Gasteiger partial charge is 0.305 e. The van der Waals surface area contributed by atoms with Gasteiger partial charge in [0, 0.05) is 18.9 Å². The van der Waals surface area contributed by atoms with Crippen molar-refractivity contribution in [2.45, 2.75) is 57.8 Å². The van der Waals surface area contributed by atoms with Crippen LogP contribution in [0.4, 0.5) is 0 Å². The number of hydrogen-bond donors (Lipinski definition) is 2. The summed E-state index contributed by atoms with van der Waals surface area (Å²) in [5.41, 5.74) is 0.337. The lowest BCUT2D eigenvalue weighted by atomic mass is 9.92. The molecule has 2 aliphatic rings. The normalized spacial score (nSPS) is 22.3. The minimum Gasteiger partial charge on any atom is -0.469 e. The van der Waals surface area contributed by atoms with E-state index in [1.54, 1.807) is 0 Å². The Hall–Kier alpha value is -1.10. The van der Waals surface area contributed by atoms with E-state index in [1.807, 2.05) is 0 Å². The summed E-state index contributed by atoms with van der Waals surface area (Å²) in [6.45, 7) is 2.92. The van der Waals surface area contributed by atoms with E-state index in [4.69, 9.17) is 0 Å². The van der Waals surface area contributed by atoms with Crippen LogP contribution >= 0.6 is 0 Å². The van der Waals surface area contributed by atoms with Crippen LogP contribution in [0.5, 0.6) is 0 Å². The predicted octanol–water partition coefficient (Wildman–Crippen LogP) is 2.01. The molecule has 1 aliphatic heterocycles. The molecule has 126 valence electrons. The largest absolute Gasteiger partial charge is 0.469 e. The van der Waals surface area contributed by atoms with Crippen LogP contribution in [0.15, 0.2) is 0 Å². The van der Waals surface area contributed by atoms with Gasteiger partial charge in [-0.1, -0.05) is 19.3 Å². The van der Waals surface area contributed by atoms with Gasteiger partial charge in [-0.05, 0) is 50.6 Å². The quantitative estimate of drug-likeness (QED) is 0.505. The highest BCUT2D eigenvalue weighted by molar-refractivity contribution is 5.82. The molecular formula is C17H30N2O3. The van der Waals surface area contributed by atoms with Crippen LogP contribution in [0.2, 0.25) is 0 Å². The van der Waals surface area contributed by atoms with E-state index >= 15 is 0 Å². The zero-order chi connectivity index (χ0) is 15.8. The number of esters is 1. The Morgan fingerprint density at radius 1 is 1.14 bits per heavy atom. The summed E-state index contributed by atoms with van der Waals surface area (Å²) in [6, 6.07) is 0. The van der Waals surface area contributed by atoms with Crippen molar-refractivity contribution in [3.63, 3.8) is 0 Å². The number of methoxy groups -OCH3 is 1. The molecule has 0 bridgehead atoms. The predicted molar refractivity (Wildman–Crippen MR) is 85.4 cm³/mol. The van der Waals surface area contributed by atoms with Crippen molar-refractivity contribution in [3.05, 3.63) is 0 Å². The zero-order valence-electron chi connectivity index (χ0n) is 13.8. The van der Waals surface area contributed by atoms with Crippen LogP contribution in [0.25, 0.3) is 0 Å². The molecule has 1 saturated carbocycles. The minimum absolute atomic E-state index is 0.122. The molecule has 2 rings (SSSR count). The van der Waals surface area contributed by atoms with Gasteiger partial charge >= 0.3 is 5.97 Å². The molecule has 1 unspecified atom stereocenters. The Bertz CT molecular complexity index is 378. The molecule has 5 nitrogen and oxygen atoms in total. The van der Waals surface area contributed by atoms with Crippen molar-refractivity contribution in [1.29, 1.82) is 0 Å². The number of rotatable bonds is 9. The number of amides is 1. The topological polar surface area (TPSA) is 67.4 Å². The molecule has 1 amide bonds. The summed E-state index contributed by atoms with van der Waals surface area (Å²) in [5, 5.41) is 6.47. The summed E-state index contributed by atoms with van der Waals surface area (Å²) in [7, 11) is 1.43. The van der Waals surface area contributed by atoms with Gasteiger partial charge in [0.05, 0.1) is 7.11 Å². The molecule has 0 aromatic heterocycles. The number of carbonyl (C=O) groups is 2. The fourth-order valence-electron chi connectivity index (χ4n) is 3.56. The Labute approximate surface area is 133 Å². The zero-order valence-corrected chi connectivity index (χ0v) is 13.8. The Balaban J connectivity index is 1.44. The molecule has 1 aliphatic carbocycles. The first-order valence-corrected chi connectivity index (χ1v) is 8.73. The molecule has 0 radical (unpaired) electrons. The second-order valence-electron chi connectivity index (χ2n) is 6.75. The van der Waals surface area contributed by atoms with Gasteiger partial charge in [0.15, 0.2) is 0 Å². The Morgan fingerprint density at radius 2 is 1.82 bits per heavy atom. The molecule has 0 aromatic carbocycles. The summed E-state index contributed by atoms with van der Waals surface area (Å²) in [6.07, 6.45) is 9.15. The molecule has 1 spiro atoms. The standard InChI is InChI=1S/C17H30N2O3/c1-22-15(20)7-5-3-2-4-6-10-19-16(21)14-13-17(14)8-11-18-12-9-17/h14,18H,2-13H2,1H3,(H,19,21). The van der Waals surface area contributed by atoms with Crippen LogP contribution in [0.1, 0.15) is 57.8 Å². The lowest BCUT2D eigenvalue weighted by Crippen LogP contribution is -2.34. The minimum atomic E-state index is -0.122. The van der Waals surface area contributed by atoms with Gasteiger partial charge < -0.3 is 15.4 Å². The summed E-state index contributed by atoms with van der Waals surface area (Å²) in [4.78, 5) is 23.1. The third-order valence-corrected chi connectivity index (χ3v) is 5.19. The fourth-order valence-corrected chi connectivity index (χ4v) is 3.56. The first kappa shape index (κ1) is 17.3. The van der Waals surface area contributed by atoms with Gasteiger partial charge in [-0.25, -0.2) is 0 Å². The maximum atomic E-state index is 12.1. The first-order valence-electron chi connectivity index (χ1n) is 8.73. The number of carbonyl (C=O) groups excluding carboxylic acids is 2. The lowest BCUT2D eigenvalue weighted by Gasteiger charge is -2.23. The molecule has 2 N–H and O–H groups in total. The summed E-state index contributed by atoms with van der Waals surface area (Å²) < 4.78 is 4.61. The van der Waals surface area contributed by atoms with Crippen LogP contribution < -0.4 is 10.6 Å². The van der Waals surface area contributed by atoms with E-state index in [9.17, 15) is 9.59 Å². The molecule has 22 heavy (non-hydrogen) atoms. The lowest BCUT2D eigenvalue weighted by molar-refractivity contribution is -0.140. The highest BCUT2D eigenvalue weighted by Gasteiger charge is 2.57. The van der Waals surface area contributed by atoms with Gasteiger partial charge in [0.25, 0.3) is 0 Å². The van der Waals surface area contributed by atoms with Crippen molar-refractivity contribution in [3.8, 4) is 0 Å². The number of nitrogens with one attached hydrogen (secondary N) is 2. The molecular weight excluding hydrogens is 280 g/mol. The third-order valence-electron chi connectivity index (χ3n) is 5.19. The van der Waals surface area contributed by atoms with E-state index in [2.05, 4.69) is 15.4 Å². The van der Waals surface area contributed by atoms with Crippen molar-refractivity contribution in [2.24, 2.45) is 11.3 Å². The maximum Gasteiger partial charge on any atom is 0.305 e. The van der Waals surface area contributed by atoms with Gasteiger partial charge in [-0.15, -0.1) is 0 Å². The average molecular weight is 310 g/mol. The number of ether oxygens (including phenoxy) is 1. The highest BCUT2D eigenvalue weighted by atomic mass is 16.5. The number of hydrogen-bond acceptors (Lipinski definition) is 4. The Morgan fingerprint density at radius 3 is 2.55 bits per heavy atom. The summed E-state index contributed by atoms with van der Waals surface area (Å²) >= 11 is 0. The maximum absolute atomic E-state index is 12.1. The molecule has 1 saturated heterocycles.